The van der Waals surface area contributed by atoms with Crippen LogP contribution >= 0.6 is 0 Å². The lowest BCUT2D eigenvalue weighted by molar-refractivity contribution is -0.384. The maximum Gasteiger partial charge on any atom is 0.273 e. The predicted molar refractivity (Wildman–Crippen MR) is 101 cm³/mol. The Balaban J connectivity index is 1.30. The fourth-order valence-electron chi connectivity index (χ4n) is 3.95. The number of benzene rings is 1. The van der Waals surface area contributed by atoms with Crippen molar-refractivity contribution >= 4 is 11.6 Å². The van der Waals surface area contributed by atoms with Crippen LogP contribution in [0, 0.1) is 21.8 Å². The SMILES string of the molecule is O=[N+]([O-])c1cccc(OCC2CCC3CN(c4ncc(F)cn4)CCN3C2)c1. The molecule has 28 heavy (non-hydrogen) atoms. The molecule has 2 aromatic rings. The van der Waals surface area contributed by atoms with Crippen LogP contribution in [0.3, 0.4) is 0 Å². The molecule has 148 valence electrons. The number of nitro benzene ring substituents is 1. The maximum absolute atomic E-state index is 13.0. The van der Waals surface area contributed by atoms with Gasteiger partial charge in [0, 0.05) is 44.2 Å². The molecule has 0 spiro atoms. The Morgan fingerprint density at radius 2 is 2.04 bits per heavy atom. The quantitative estimate of drug-likeness (QED) is 0.576. The van der Waals surface area contributed by atoms with Crippen molar-refractivity contribution in [2.24, 2.45) is 5.92 Å². The van der Waals surface area contributed by atoms with Crippen molar-refractivity contribution in [3.63, 3.8) is 0 Å². The normalized spacial score (nSPS) is 22.5. The molecule has 3 heterocycles. The number of nitro groups is 1. The molecular formula is C19H22FN5O3. The molecule has 0 amide bonds. The van der Waals surface area contributed by atoms with Gasteiger partial charge in [0.05, 0.1) is 30.0 Å². The van der Waals surface area contributed by atoms with Crippen molar-refractivity contribution < 1.29 is 14.1 Å². The molecular weight excluding hydrogens is 365 g/mol. The topological polar surface area (TPSA) is 84.6 Å². The monoisotopic (exact) mass is 387 g/mol. The summed E-state index contributed by atoms with van der Waals surface area (Å²) in [4.78, 5) is 23.2. The van der Waals surface area contributed by atoms with Gasteiger partial charge in [0.1, 0.15) is 5.75 Å². The average molecular weight is 387 g/mol. The molecule has 1 aromatic carbocycles. The van der Waals surface area contributed by atoms with Crippen molar-refractivity contribution in [1.82, 2.24) is 14.9 Å². The minimum Gasteiger partial charge on any atom is -0.493 e. The van der Waals surface area contributed by atoms with Gasteiger partial charge in [-0.15, -0.1) is 0 Å². The first-order chi connectivity index (χ1) is 13.6. The van der Waals surface area contributed by atoms with Gasteiger partial charge in [-0.25, -0.2) is 14.4 Å². The van der Waals surface area contributed by atoms with Crippen LogP contribution in [0.25, 0.3) is 0 Å². The molecule has 2 atom stereocenters. The highest BCUT2D eigenvalue weighted by Gasteiger charge is 2.33. The summed E-state index contributed by atoms with van der Waals surface area (Å²) in [5.74, 6) is 1.09. The van der Waals surface area contributed by atoms with Crippen LogP contribution in [0.1, 0.15) is 12.8 Å². The van der Waals surface area contributed by atoms with Gasteiger partial charge in [-0.3, -0.25) is 15.0 Å². The molecule has 8 nitrogen and oxygen atoms in total. The van der Waals surface area contributed by atoms with Crippen molar-refractivity contribution in [2.75, 3.05) is 37.7 Å². The molecule has 2 fully saturated rings. The van der Waals surface area contributed by atoms with Gasteiger partial charge in [0.2, 0.25) is 5.95 Å². The molecule has 4 rings (SSSR count). The second-order valence-corrected chi connectivity index (χ2v) is 7.30. The summed E-state index contributed by atoms with van der Waals surface area (Å²) < 4.78 is 18.8. The maximum atomic E-state index is 13.0. The average Bonchev–Trinajstić information content (AvgIpc) is 2.72. The van der Waals surface area contributed by atoms with Crippen LogP contribution in [0.15, 0.2) is 36.7 Å². The molecule has 2 saturated heterocycles. The molecule has 0 aliphatic carbocycles. The van der Waals surface area contributed by atoms with Crippen LogP contribution in [-0.4, -0.2) is 58.6 Å². The van der Waals surface area contributed by atoms with Gasteiger partial charge in [-0.05, 0) is 18.9 Å². The van der Waals surface area contributed by atoms with Gasteiger partial charge in [-0.2, -0.15) is 0 Å². The third-order valence-corrected chi connectivity index (χ3v) is 5.41. The fraction of sp³-hybridized carbons (Fsp3) is 0.474. The Kier molecular flexibility index (Phi) is 5.34. The molecule has 0 N–H and O–H groups in total. The van der Waals surface area contributed by atoms with Crippen LogP contribution < -0.4 is 9.64 Å². The first kappa shape index (κ1) is 18.5. The van der Waals surface area contributed by atoms with Crippen LogP contribution in [0.5, 0.6) is 5.75 Å². The highest BCUT2D eigenvalue weighted by molar-refractivity contribution is 5.38. The second-order valence-electron chi connectivity index (χ2n) is 7.30. The molecule has 9 heteroatoms. The van der Waals surface area contributed by atoms with Crippen LogP contribution in [0.4, 0.5) is 16.0 Å². The molecule has 2 unspecified atom stereocenters. The zero-order valence-corrected chi connectivity index (χ0v) is 15.4. The van der Waals surface area contributed by atoms with Crippen molar-refractivity contribution in [1.29, 1.82) is 0 Å². The third kappa shape index (κ3) is 4.19. The van der Waals surface area contributed by atoms with Crippen molar-refractivity contribution in [3.8, 4) is 5.75 Å². The predicted octanol–water partition coefficient (Wildman–Crippen LogP) is 2.50. The smallest absolute Gasteiger partial charge is 0.273 e. The van der Waals surface area contributed by atoms with E-state index in [1.165, 1.54) is 24.5 Å². The number of ether oxygens (including phenoxy) is 1. The van der Waals surface area contributed by atoms with Gasteiger partial charge < -0.3 is 9.64 Å². The van der Waals surface area contributed by atoms with E-state index < -0.39 is 10.7 Å². The van der Waals surface area contributed by atoms with E-state index in [2.05, 4.69) is 19.8 Å². The number of nitrogens with zero attached hydrogens (tertiary/aromatic N) is 5. The summed E-state index contributed by atoms with van der Waals surface area (Å²) in [6, 6.07) is 6.74. The van der Waals surface area contributed by atoms with Gasteiger partial charge in [0.25, 0.3) is 5.69 Å². The Morgan fingerprint density at radius 3 is 2.82 bits per heavy atom. The van der Waals surface area contributed by atoms with E-state index in [0.29, 0.717) is 30.3 Å². The number of anilines is 1. The number of aromatic nitrogens is 2. The molecule has 2 aliphatic rings. The van der Waals surface area contributed by atoms with Crippen LogP contribution in [-0.2, 0) is 0 Å². The first-order valence-corrected chi connectivity index (χ1v) is 9.42. The fourth-order valence-corrected chi connectivity index (χ4v) is 3.95. The summed E-state index contributed by atoms with van der Waals surface area (Å²) in [6.07, 6.45) is 4.49. The highest BCUT2D eigenvalue weighted by Crippen LogP contribution is 2.27. The minimum absolute atomic E-state index is 0.0420. The molecule has 0 radical (unpaired) electrons. The van der Waals surface area contributed by atoms with E-state index in [1.54, 1.807) is 12.1 Å². The Hall–Kier alpha value is -2.81. The third-order valence-electron chi connectivity index (χ3n) is 5.41. The Labute approximate surface area is 162 Å². The lowest BCUT2D eigenvalue weighted by atomic mass is 9.91. The summed E-state index contributed by atoms with van der Waals surface area (Å²) in [7, 11) is 0. The Morgan fingerprint density at radius 1 is 1.21 bits per heavy atom. The Bertz CT molecular complexity index is 835. The number of non-ortho nitro benzene ring substituents is 1. The molecule has 1 aromatic heterocycles. The number of hydrogen-bond donors (Lipinski definition) is 0. The van der Waals surface area contributed by atoms with E-state index in [0.717, 1.165) is 39.0 Å². The summed E-state index contributed by atoms with van der Waals surface area (Å²) in [5, 5.41) is 10.9. The van der Waals surface area contributed by atoms with Gasteiger partial charge in [-0.1, -0.05) is 6.07 Å². The van der Waals surface area contributed by atoms with E-state index in [-0.39, 0.29) is 5.69 Å². The zero-order valence-electron chi connectivity index (χ0n) is 15.4. The van der Waals surface area contributed by atoms with E-state index in [1.807, 2.05) is 0 Å². The standard InChI is InChI=1S/C19H22FN5O3/c20-15-9-21-19(22-10-15)24-7-6-23-11-14(4-5-17(23)12-24)13-28-18-3-1-2-16(8-18)25(26)27/h1-3,8-10,14,17H,4-7,11-13H2. The van der Waals surface area contributed by atoms with E-state index in [4.69, 9.17) is 4.74 Å². The summed E-state index contributed by atoms with van der Waals surface area (Å²) in [6.45, 7) is 4.04. The summed E-state index contributed by atoms with van der Waals surface area (Å²) in [5.41, 5.74) is 0.0420. The second kappa shape index (κ2) is 8.05. The number of piperidine rings is 1. The largest absolute Gasteiger partial charge is 0.493 e. The van der Waals surface area contributed by atoms with Gasteiger partial charge >= 0.3 is 0 Å². The number of piperazine rings is 1. The van der Waals surface area contributed by atoms with Crippen molar-refractivity contribution in [2.45, 2.75) is 18.9 Å². The number of rotatable bonds is 5. The molecule has 0 saturated carbocycles. The van der Waals surface area contributed by atoms with E-state index in [9.17, 15) is 14.5 Å². The van der Waals surface area contributed by atoms with Crippen molar-refractivity contribution in [3.05, 3.63) is 52.6 Å². The number of fused-ring (bicyclic) bond motifs is 1. The molecule has 2 aliphatic heterocycles. The minimum atomic E-state index is -0.424. The highest BCUT2D eigenvalue weighted by atomic mass is 19.1. The number of hydrogen-bond acceptors (Lipinski definition) is 7. The van der Waals surface area contributed by atoms with Crippen LogP contribution in [0.2, 0.25) is 0 Å². The lowest BCUT2D eigenvalue weighted by Gasteiger charge is -2.46. The van der Waals surface area contributed by atoms with Gasteiger partial charge in [0.15, 0.2) is 5.82 Å². The number of halogens is 1. The van der Waals surface area contributed by atoms with E-state index >= 15 is 0 Å². The zero-order chi connectivity index (χ0) is 19.5. The first-order valence-electron chi connectivity index (χ1n) is 9.42. The summed E-state index contributed by atoms with van der Waals surface area (Å²) >= 11 is 0. The molecule has 0 bridgehead atoms. The lowest BCUT2D eigenvalue weighted by Crippen LogP contribution is -2.57.